The Kier molecular flexibility index (Phi) is 5.99. The number of hydrogen-bond acceptors (Lipinski definition) is 4. The Bertz CT molecular complexity index is 989. The van der Waals surface area contributed by atoms with Crippen molar-refractivity contribution in [1.29, 1.82) is 0 Å². The minimum absolute atomic E-state index is 0.133. The van der Waals surface area contributed by atoms with Crippen LogP contribution >= 0.6 is 0 Å². The number of fused-ring (bicyclic) bond motifs is 1. The molecule has 0 saturated carbocycles. The standard InChI is InChI=1S/C22H24N2O4/c1-4-24(5-2)22(26)21-20(17-11-6-7-12-18(17)28-21)23-19(25)14-27-16-10-8-9-15(3)13-16/h6-13H,4-5,14H2,1-3H3,(H,23,25). The van der Waals surface area contributed by atoms with Crippen molar-refractivity contribution in [3.8, 4) is 5.75 Å². The van der Waals surface area contributed by atoms with E-state index in [0.717, 1.165) is 5.56 Å². The molecule has 0 atom stereocenters. The molecule has 0 unspecified atom stereocenters. The number of rotatable bonds is 7. The molecule has 3 aromatic rings. The monoisotopic (exact) mass is 380 g/mol. The lowest BCUT2D eigenvalue weighted by atomic mass is 10.2. The molecule has 6 nitrogen and oxygen atoms in total. The molecule has 146 valence electrons. The van der Waals surface area contributed by atoms with Crippen molar-refractivity contribution in [2.24, 2.45) is 0 Å². The molecule has 1 heterocycles. The van der Waals surface area contributed by atoms with Gasteiger partial charge in [-0.3, -0.25) is 9.59 Å². The number of nitrogens with zero attached hydrogens (tertiary/aromatic N) is 1. The third-order valence-corrected chi connectivity index (χ3v) is 4.46. The van der Waals surface area contributed by atoms with E-state index in [1.165, 1.54) is 0 Å². The fourth-order valence-electron chi connectivity index (χ4n) is 3.00. The molecule has 0 bridgehead atoms. The zero-order chi connectivity index (χ0) is 20.1. The summed E-state index contributed by atoms with van der Waals surface area (Å²) < 4.78 is 11.3. The zero-order valence-electron chi connectivity index (χ0n) is 16.3. The van der Waals surface area contributed by atoms with Crippen molar-refractivity contribution in [3.63, 3.8) is 0 Å². The molecular weight excluding hydrogens is 356 g/mol. The number of carbonyl (C=O) groups excluding carboxylic acids is 2. The van der Waals surface area contributed by atoms with Gasteiger partial charge >= 0.3 is 0 Å². The summed E-state index contributed by atoms with van der Waals surface area (Å²) in [5, 5.41) is 3.48. The first-order valence-corrected chi connectivity index (χ1v) is 9.33. The number of anilines is 1. The van der Waals surface area contributed by atoms with E-state index in [4.69, 9.17) is 9.15 Å². The third kappa shape index (κ3) is 4.17. The summed E-state index contributed by atoms with van der Waals surface area (Å²) in [6.45, 7) is 6.69. The van der Waals surface area contributed by atoms with Crippen molar-refractivity contribution in [1.82, 2.24) is 4.90 Å². The first kappa shape index (κ1) is 19.5. The molecule has 0 saturated heterocycles. The number of carbonyl (C=O) groups is 2. The fourth-order valence-corrected chi connectivity index (χ4v) is 3.00. The summed E-state index contributed by atoms with van der Waals surface area (Å²) in [5.74, 6) is 0.137. The van der Waals surface area contributed by atoms with Gasteiger partial charge in [0.25, 0.3) is 11.8 Å². The summed E-state index contributed by atoms with van der Waals surface area (Å²) in [7, 11) is 0. The van der Waals surface area contributed by atoms with Gasteiger partial charge in [0.05, 0.1) is 0 Å². The number of hydrogen-bond donors (Lipinski definition) is 1. The van der Waals surface area contributed by atoms with E-state index < -0.39 is 0 Å². The Labute approximate surface area is 164 Å². The quantitative estimate of drug-likeness (QED) is 0.665. The molecule has 0 radical (unpaired) electrons. The molecule has 28 heavy (non-hydrogen) atoms. The molecule has 1 aromatic heterocycles. The highest BCUT2D eigenvalue weighted by atomic mass is 16.5. The Hall–Kier alpha value is -3.28. The summed E-state index contributed by atoms with van der Waals surface area (Å²) in [6, 6.07) is 14.7. The lowest BCUT2D eigenvalue weighted by Crippen LogP contribution is -2.31. The molecule has 0 fully saturated rings. The molecule has 2 amide bonds. The van der Waals surface area contributed by atoms with Crippen LogP contribution < -0.4 is 10.1 Å². The van der Waals surface area contributed by atoms with Gasteiger partial charge in [0.15, 0.2) is 6.61 Å². The number of aryl methyl sites for hydroxylation is 1. The lowest BCUT2D eigenvalue weighted by molar-refractivity contribution is -0.118. The Morgan fingerprint density at radius 1 is 1.07 bits per heavy atom. The minimum Gasteiger partial charge on any atom is -0.484 e. The normalized spacial score (nSPS) is 10.7. The van der Waals surface area contributed by atoms with Crippen molar-refractivity contribution in [2.75, 3.05) is 25.0 Å². The highest BCUT2D eigenvalue weighted by molar-refractivity contribution is 6.11. The highest BCUT2D eigenvalue weighted by Crippen LogP contribution is 2.31. The second-order valence-electron chi connectivity index (χ2n) is 6.43. The van der Waals surface area contributed by atoms with Crippen molar-refractivity contribution in [3.05, 3.63) is 59.9 Å². The van der Waals surface area contributed by atoms with E-state index in [2.05, 4.69) is 5.32 Å². The Morgan fingerprint density at radius 2 is 1.82 bits per heavy atom. The Balaban J connectivity index is 1.83. The second kappa shape index (κ2) is 8.61. The van der Waals surface area contributed by atoms with Gasteiger partial charge in [0, 0.05) is 18.5 Å². The first-order valence-electron chi connectivity index (χ1n) is 9.33. The van der Waals surface area contributed by atoms with Crippen LogP contribution in [0.2, 0.25) is 0 Å². The van der Waals surface area contributed by atoms with Crippen LogP contribution in [0, 0.1) is 6.92 Å². The predicted molar refractivity (Wildman–Crippen MR) is 109 cm³/mol. The van der Waals surface area contributed by atoms with Crippen LogP contribution in [-0.2, 0) is 4.79 Å². The third-order valence-electron chi connectivity index (χ3n) is 4.46. The maximum atomic E-state index is 12.8. The predicted octanol–water partition coefficient (Wildman–Crippen LogP) is 4.24. The van der Waals surface area contributed by atoms with Gasteiger partial charge in [-0.05, 0) is 50.6 Å². The van der Waals surface area contributed by atoms with E-state index in [0.29, 0.717) is 35.5 Å². The number of para-hydroxylation sites is 1. The summed E-state index contributed by atoms with van der Waals surface area (Å²) in [6.07, 6.45) is 0. The van der Waals surface area contributed by atoms with E-state index in [-0.39, 0.29) is 24.2 Å². The van der Waals surface area contributed by atoms with Crippen LogP contribution in [0.5, 0.6) is 5.75 Å². The van der Waals surface area contributed by atoms with E-state index in [1.54, 1.807) is 17.0 Å². The average molecular weight is 380 g/mol. The van der Waals surface area contributed by atoms with Crippen LogP contribution in [-0.4, -0.2) is 36.4 Å². The number of benzene rings is 2. The second-order valence-corrected chi connectivity index (χ2v) is 6.43. The molecule has 0 aliphatic rings. The summed E-state index contributed by atoms with van der Waals surface area (Å²) in [4.78, 5) is 27.0. The number of nitrogens with one attached hydrogen (secondary N) is 1. The average Bonchev–Trinajstić information content (AvgIpc) is 3.06. The minimum atomic E-state index is -0.360. The van der Waals surface area contributed by atoms with Gasteiger partial charge in [0.2, 0.25) is 5.76 Å². The van der Waals surface area contributed by atoms with Gasteiger partial charge in [-0.25, -0.2) is 0 Å². The van der Waals surface area contributed by atoms with Crippen LogP contribution in [0.25, 0.3) is 11.0 Å². The molecule has 0 spiro atoms. The summed E-state index contributed by atoms with van der Waals surface area (Å²) in [5.41, 5.74) is 1.98. The molecular formula is C22H24N2O4. The molecule has 3 rings (SSSR count). The molecule has 0 aliphatic heterocycles. The van der Waals surface area contributed by atoms with Crippen LogP contribution in [0.1, 0.15) is 30.0 Å². The largest absolute Gasteiger partial charge is 0.484 e. The fraction of sp³-hybridized carbons (Fsp3) is 0.273. The zero-order valence-corrected chi connectivity index (χ0v) is 16.3. The lowest BCUT2D eigenvalue weighted by Gasteiger charge is -2.17. The van der Waals surface area contributed by atoms with E-state index >= 15 is 0 Å². The molecule has 6 heteroatoms. The number of ether oxygens (including phenoxy) is 1. The number of furan rings is 1. The first-order chi connectivity index (χ1) is 13.5. The SMILES string of the molecule is CCN(CC)C(=O)c1oc2ccccc2c1NC(=O)COc1cccc(C)c1. The van der Waals surface area contributed by atoms with Crippen LogP contribution in [0.15, 0.2) is 52.9 Å². The van der Waals surface area contributed by atoms with Crippen LogP contribution in [0.3, 0.4) is 0 Å². The van der Waals surface area contributed by atoms with Crippen LogP contribution in [0.4, 0.5) is 5.69 Å². The molecule has 1 N–H and O–H groups in total. The maximum Gasteiger partial charge on any atom is 0.291 e. The molecule has 0 aliphatic carbocycles. The smallest absolute Gasteiger partial charge is 0.291 e. The topological polar surface area (TPSA) is 71.8 Å². The van der Waals surface area contributed by atoms with Gasteiger partial charge in [0.1, 0.15) is 17.0 Å². The van der Waals surface area contributed by atoms with Gasteiger partial charge in [-0.2, -0.15) is 0 Å². The summed E-state index contributed by atoms with van der Waals surface area (Å²) >= 11 is 0. The van der Waals surface area contributed by atoms with Crippen molar-refractivity contribution in [2.45, 2.75) is 20.8 Å². The van der Waals surface area contributed by atoms with E-state index in [1.807, 2.05) is 57.2 Å². The van der Waals surface area contributed by atoms with Crippen molar-refractivity contribution < 1.29 is 18.7 Å². The van der Waals surface area contributed by atoms with Gasteiger partial charge in [-0.1, -0.05) is 24.3 Å². The molecule has 2 aromatic carbocycles. The van der Waals surface area contributed by atoms with Gasteiger partial charge in [-0.15, -0.1) is 0 Å². The number of amides is 2. The maximum absolute atomic E-state index is 12.8. The van der Waals surface area contributed by atoms with E-state index in [9.17, 15) is 9.59 Å². The van der Waals surface area contributed by atoms with Gasteiger partial charge < -0.3 is 19.4 Å². The van der Waals surface area contributed by atoms with Crippen molar-refractivity contribution >= 4 is 28.5 Å². The Morgan fingerprint density at radius 3 is 2.54 bits per heavy atom. The highest BCUT2D eigenvalue weighted by Gasteiger charge is 2.25.